The van der Waals surface area contributed by atoms with Gasteiger partial charge in [-0.3, -0.25) is 0 Å². The maximum Gasteiger partial charge on any atom is 0.0127 e. The molecule has 0 N–H and O–H groups in total. The summed E-state index contributed by atoms with van der Waals surface area (Å²) < 4.78 is 0. The Bertz CT molecular complexity index is 215. The third-order valence-electron chi connectivity index (χ3n) is 1.45. The topological polar surface area (TPSA) is 0 Å². The Morgan fingerprint density at radius 2 is 1.90 bits per heavy atom. The first kappa shape index (κ1) is 7.84. The highest BCUT2D eigenvalue weighted by Crippen LogP contribution is 2.01. The summed E-state index contributed by atoms with van der Waals surface area (Å²) in [6, 6.07) is 8.45. The Labute approximate surface area is 68.1 Å². The second-order valence-corrected chi connectivity index (χ2v) is 3.36. The van der Waals surface area contributed by atoms with Crippen LogP contribution in [0.25, 0.3) is 0 Å². The molecule has 0 spiro atoms. The van der Waals surface area contributed by atoms with Crippen LogP contribution in [0.4, 0.5) is 0 Å². The predicted octanol–water partition coefficient (Wildman–Crippen LogP) is 2.28. The van der Waals surface area contributed by atoms with E-state index in [1.165, 1.54) is 10.9 Å². The molecule has 0 aromatic heterocycles. The fourth-order valence-electron chi connectivity index (χ4n) is 0.793. The summed E-state index contributed by atoms with van der Waals surface area (Å²) in [6.45, 7) is 2.15. The summed E-state index contributed by atoms with van der Waals surface area (Å²) in [5.74, 6) is 0. The van der Waals surface area contributed by atoms with Gasteiger partial charge in [0.1, 0.15) is 0 Å². The van der Waals surface area contributed by atoms with Crippen LogP contribution in [0.5, 0.6) is 0 Å². The maximum absolute atomic E-state index is 4.87. The SMILES string of the molecule is CCc1ccc(P=S)cc1. The number of benzene rings is 1. The van der Waals surface area contributed by atoms with Crippen LogP contribution >= 0.6 is 7.36 Å². The van der Waals surface area contributed by atoms with Gasteiger partial charge < -0.3 is 0 Å². The van der Waals surface area contributed by atoms with Gasteiger partial charge in [-0.05, 0) is 24.1 Å². The fraction of sp³-hybridized carbons (Fsp3) is 0.250. The predicted molar refractivity (Wildman–Crippen MR) is 49.7 cm³/mol. The maximum atomic E-state index is 4.87. The highest BCUT2D eigenvalue weighted by atomic mass is 32.4. The molecule has 0 bridgehead atoms. The lowest BCUT2D eigenvalue weighted by Gasteiger charge is -1.94. The van der Waals surface area contributed by atoms with E-state index in [1.807, 2.05) is 0 Å². The first-order chi connectivity index (χ1) is 4.86. The van der Waals surface area contributed by atoms with E-state index >= 15 is 0 Å². The Hall–Kier alpha value is -0.260. The summed E-state index contributed by atoms with van der Waals surface area (Å²) >= 11 is 4.87. The van der Waals surface area contributed by atoms with E-state index in [4.69, 9.17) is 11.8 Å². The first-order valence-electron chi connectivity index (χ1n) is 3.29. The molecular formula is C8H9PS. The van der Waals surface area contributed by atoms with Crippen molar-refractivity contribution in [2.45, 2.75) is 13.3 Å². The summed E-state index contributed by atoms with van der Waals surface area (Å²) in [5.41, 5.74) is 1.38. The Kier molecular flexibility index (Phi) is 2.98. The standard InChI is InChI=1S/C8H9PS/c1-2-7-3-5-8(9-10)6-4-7/h3-6H,2H2,1H3. The van der Waals surface area contributed by atoms with Crippen LogP contribution in [0.3, 0.4) is 0 Å². The molecule has 0 saturated carbocycles. The normalized spacial score (nSPS) is 10.1. The molecular weight excluding hydrogens is 159 g/mol. The highest BCUT2D eigenvalue weighted by molar-refractivity contribution is 7.99. The van der Waals surface area contributed by atoms with Gasteiger partial charge in [0.25, 0.3) is 0 Å². The van der Waals surface area contributed by atoms with Crippen LogP contribution in [0, 0.1) is 0 Å². The van der Waals surface area contributed by atoms with E-state index in [9.17, 15) is 0 Å². The Morgan fingerprint density at radius 1 is 1.30 bits per heavy atom. The zero-order chi connectivity index (χ0) is 7.40. The van der Waals surface area contributed by atoms with Crippen molar-refractivity contribution in [1.82, 2.24) is 0 Å². The largest absolute Gasteiger partial charge is 0.0613 e. The molecule has 10 heavy (non-hydrogen) atoms. The summed E-state index contributed by atoms with van der Waals surface area (Å²) in [4.78, 5) is 0. The minimum absolute atomic E-state index is 0.941. The van der Waals surface area contributed by atoms with Gasteiger partial charge in [0.15, 0.2) is 0 Å². The molecule has 1 aromatic carbocycles. The van der Waals surface area contributed by atoms with E-state index in [2.05, 4.69) is 31.2 Å². The van der Waals surface area contributed by atoms with E-state index < -0.39 is 0 Å². The van der Waals surface area contributed by atoms with Crippen LogP contribution in [0.2, 0.25) is 0 Å². The zero-order valence-corrected chi connectivity index (χ0v) is 7.58. The molecule has 2 heteroatoms. The van der Waals surface area contributed by atoms with Crippen LogP contribution in [-0.4, -0.2) is 0 Å². The van der Waals surface area contributed by atoms with E-state index in [1.54, 1.807) is 0 Å². The molecule has 52 valence electrons. The van der Waals surface area contributed by atoms with Gasteiger partial charge in [-0.1, -0.05) is 30.9 Å². The highest BCUT2D eigenvalue weighted by Gasteiger charge is 1.87. The van der Waals surface area contributed by atoms with Crippen molar-refractivity contribution in [3.8, 4) is 0 Å². The second-order valence-electron chi connectivity index (χ2n) is 2.11. The first-order valence-corrected chi connectivity index (χ1v) is 5.20. The number of hydrogen-bond donors (Lipinski definition) is 0. The lowest BCUT2D eigenvalue weighted by Crippen LogP contribution is -1.89. The van der Waals surface area contributed by atoms with Crippen molar-refractivity contribution in [2.75, 3.05) is 0 Å². The molecule has 0 amide bonds. The average Bonchev–Trinajstić information content (AvgIpc) is 2.05. The molecule has 0 saturated heterocycles. The average molecular weight is 168 g/mol. The van der Waals surface area contributed by atoms with Crippen molar-refractivity contribution in [2.24, 2.45) is 0 Å². The zero-order valence-electron chi connectivity index (χ0n) is 5.87. The number of rotatable bonds is 2. The molecule has 0 unspecified atom stereocenters. The van der Waals surface area contributed by atoms with Gasteiger partial charge in [0.2, 0.25) is 0 Å². The minimum atomic E-state index is 0.941. The third-order valence-corrected chi connectivity index (χ3v) is 2.59. The van der Waals surface area contributed by atoms with Gasteiger partial charge in [-0.2, -0.15) is 0 Å². The van der Waals surface area contributed by atoms with Gasteiger partial charge in [-0.15, -0.1) is 0 Å². The summed E-state index contributed by atoms with van der Waals surface area (Å²) in [5, 5.41) is 1.22. The molecule has 0 aliphatic carbocycles. The van der Waals surface area contributed by atoms with E-state index in [-0.39, 0.29) is 0 Å². The monoisotopic (exact) mass is 168 g/mol. The smallest absolute Gasteiger partial charge is 0.0127 e. The lowest BCUT2D eigenvalue weighted by molar-refractivity contribution is 1.14. The molecule has 0 heterocycles. The molecule has 0 aliphatic heterocycles. The van der Waals surface area contributed by atoms with Gasteiger partial charge in [-0.25, -0.2) is 0 Å². The Balaban J connectivity index is 2.90. The molecule has 1 rings (SSSR count). The minimum Gasteiger partial charge on any atom is -0.0613 e. The lowest BCUT2D eigenvalue weighted by atomic mass is 10.2. The fourth-order valence-corrected chi connectivity index (χ4v) is 1.43. The van der Waals surface area contributed by atoms with Crippen molar-refractivity contribution >= 4 is 24.5 Å². The molecule has 0 radical (unpaired) electrons. The molecule has 0 atom stereocenters. The van der Waals surface area contributed by atoms with Gasteiger partial charge in [0, 0.05) is 12.7 Å². The van der Waals surface area contributed by atoms with Crippen LogP contribution in [-0.2, 0) is 18.2 Å². The third kappa shape index (κ3) is 1.86. The number of aryl methyl sites for hydroxylation is 1. The Morgan fingerprint density at radius 3 is 2.30 bits per heavy atom. The quantitative estimate of drug-likeness (QED) is 0.610. The molecule has 0 aliphatic rings. The summed E-state index contributed by atoms with van der Waals surface area (Å²) in [7, 11) is 0.941. The van der Waals surface area contributed by atoms with Gasteiger partial charge >= 0.3 is 0 Å². The van der Waals surface area contributed by atoms with Crippen LogP contribution in [0.15, 0.2) is 24.3 Å². The second kappa shape index (κ2) is 3.80. The van der Waals surface area contributed by atoms with Crippen molar-refractivity contribution < 1.29 is 0 Å². The molecule has 0 nitrogen and oxygen atoms in total. The van der Waals surface area contributed by atoms with E-state index in [0.717, 1.165) is 13.8 Å². The number of hydrogen-bond acceptors (Lipinski definition) is 1. The molecule has 1 aromatic rings. The van der Waals surface area contributed by atoms with Gasteiger partial charge in [0.05, 0.1) is 0 Å². The molecule has 0 fully saturated rings. The van der Waals surface area contributed by atoms with Crippen LogP contribution < -0.4 is 5.30 Å². The van der Waals surface area contributed by atoms with Crippen molar-refractivity contribution in [3.63, 3.8) is 0 Å². The van der Waals surface area contributed by atoms with Crippen molar-refractivity contribution in [3.05, 3.63) is 29.8 Å². The van der Waals surface area contributed by atoms with Crippen molar-refractivity contribution in [1.29, 1.82) is 0 Å². The van der Waals surface area contributed by atoms with E-state index in [0.29, 0.717) is 0 Å². The van der Waals surface area contributed by atoms with Crippen LogP contribution in [0.1, 0.15) is 12.5 Å². The summed E-state index contributed by atoms with van der Waals surface area (Å²) in [6.07, 6.45) is 1.11.